The van der Waals surface area contributed by atoms with Crippen molar-refractivity contribution in [1.82, 2.24) is 5.32 Å². The minimum Gasteiger partial charge on any atom is -0.398 e. The number of hydrogen-bond acceptors (Lipinski definition) is 2. The molecule has 0 radical (unpaired) electrons. The molecule has 82 valence electrons. The summed E-state index contributed by atoms with van der Waals surface area (Å²) in [6.07, 6.45) is 4.18. The molecule has 0 aliphatic heterocycles. The second kappa shape index (κ2) is 4.67. The van der Waals surface area contributed by atoms with E-state index in [0.717, 1.165) is 18.2 Å². The van der Waals surface area contributed by atoms with Gasteiger partial charge in [0.2, 0.25) is 0 Å². The van der Waals surface area contributed by atoms with Crippen LogP contribution in [0.3, 0.4) is 0 Å². The second-order valence-corrected chi connectivity index (χ2v) is 4.56. The summed E-state index contributed by atoms with van der Waals surface area (Å²) in [5.74, 6) is 0.884. The van der Waals surface area contributed by atoms with Gasteiger partial charge in [0.1, 0.15) is 0 Å². The Kier molecular flexibility index (Phi) is 3.27. The molecule has 1 atom stereocenters. The predicted molar refractivity (Wildman–Crippen MR) is 64.5 cm³/mol. The van der Waals surface area contributed by atoms with Gasteiger partial charge in [0.15, 0.2) is 0 Å². The summed E-state index contributed by atoms with van der Waals surface area (Å²) in [5.41, 5.74) is 8.00. The number of nitrogens with two attached hydrogens (primary N) is 1. The molecular weight excluding hydrogens is 184 g/mol. The van der Waals surface area contributed by atoms with Crippen LogP contribution in [-0.2, 0) is 6.54 Å². The zero-order valence-electron chi connectivity index (χ0n) is 9.37. The van der Waals surface area contributed by atoms with Crippen LogP contribution < -0.4 is 11.1 Å². The monoisotopic (exact) mass is 204 g/mol. The highest BCUT2D eigenvalue weighted by atomic mass is 14.9. The van der Waals surface area contributed by atoms with Gasteiger partial charge < -0.3 is 11.1 Å². The Morgan fingerprint density at radius 2 is 2.13 bits per heavy atom. The van der Waals surface area contributed by atoms with Crippen LogP contribution in [0.25, 0.3) is 0 Å². The van der Waals surface area contributed by atoms with E-state index in [-0.39, 0.29) is 0 Å². The number of nitrogen functional groups attached to an aromatic ring is 1. The quantitative estimate of drug-likeness (QED) is 0.740. The van der Waals surface area contributed by atoms with Crippen LogP contribution in [0.1, 0.15) is 31.7 Å². The number of para-hydroxylation sites is 1. The van der Waals surface area contributed by atoms with E-state index in [1.165, 1.54) is 24.8 Å². The van der Waals surface area contributed by atoms with Crippen molar-refractivity contribution in [3.05, 3.63) is 29.8 Å². The van der Waals surface area contributed by atoms with Crippen molar-refractivity contribution in [2.45, 2.75) is 38.8 Å². The third-order valence-electron chi connectivity index (χ3n) is 3.53. The molecule has 0 aromatic heterocycles. The summed E-state index contributed by atoms with van der Waals surface area (Å²) in [6, 6.07) is 8.70. The van der Waals surface area contributed by atoms with Gasteiger partial charge in [0.05, 0.1) is 0 Å². The Balaban J connectivity index is 1.84. The maximum atomic E-state index is 5.89. The summed E-state index contributed by atoms with van der Waals surface area (Å²) < 4.78 is 0. The maximum absolute atomic E-state index is 5.89. The normalized spacial score (nSPS) is 18.5. The Morgan fingerprint density at radius 1 is 1.40 bits per heavy atom. The molecule has 15 heavy (non-hydrogen) atoms. The molecule has 0 heterocycles. The van der Waals surface area contributed by atoms with Crippen molar-refractivity contribution in [2.75, 3.05) is 5.73 Å². The lowest BCUT2D eigenvalue weighted by atomic mass is 9.80. The van der Waals surface area contributed by atoms with Gasteiger partial charge in [-0.05, 0) is 37.3 Å². The number of benzene rings is 1. The van der Waals surface area contributed by atoms with Gasteiger partial charge in [-0.2, -0.15) is 0 Å². The van der Waals surface area contributed by atoms with Gasteiger partial charge in [0, 0.05) is 18.3 Å². The first kappa shape index (κ1) is 10.5. The summed E-state index contributed by atoms with van der Waals surface area (Å²) in [7, 11) is 0. The lowest BCUT2D eigenvalue weighted by Crippen LogP contribution is -2.36. The lowest BCUT2D eigenvalue weighted by Gasteiger charge is -2.32. The third kappa shape index (κ3) is 2.51. The standard InChI is InChI=1S/C13H20N2/c1-10(11-6-4-7-11)15-9-12-5-2-3-8-13(12)14/h2-3,5,8,10-11,15H,4,6-7,9,14H2,1H3. The second-order valence-electron chi connectivity index (χ2n) is 4.56. The lowest BCUT2D eigenvalue weighted by molar-refractivity contribution is 0.240. The Morgan fingerprint density at radius 3 is 2.73 bits per heavy atom. The molecule has 1 aromatic rings. The van der Waals surface area contributed by atoms with Crippen LogP contribution in [0.5, 0.6) is 0 Å². The number of anilines is 1. The van der Waals surface area contributed by atoms with Crippen LogP contribution in [-0.4, -0.2) is 6.04 Å². The fourth-order valence-corrected chi connectivity index (χ4v) is 2.07. The molecule has 1 saturated carbocycles. The van der Waals surface area contributed by atoms with Gasteiger partial charge >= 0.3 is 0 Å². The largest absolute Gasteiger partial charge is 0.398 e. The summed E-state index contributed by atoms with van der Waals surface area (Å²) in [4.78, 5) is 0. The van der Waals surface area contributed by atoms with Crippen molar-refractivity contribution in [3.8, 4) is 0 Å². The summed E-state index contributed by atoms with van der Waals surface area (Å²) >= 11 is 0. The molecule has 0 bridgehead atoms. The van der Waals surface area contributed by atoms with Crippen LogP contribution in [0.15, 0.2) is 24.3 Å². The molecular formula is C13H20N2. The highest BCUT2D eigenvalue weighted by Crippen LogP contribution is 2.29. The smallest absolute Gasteiger partial charge is 0.0359 e. The minimum absolute atomic E-state index is 0.623. The fraction of sp³-hybridized carbons (Fsp3) is 0.538. The highest BCUT2D eigenvalue weighted by molar-refractivity contribution is 5.46. The topological polar surface area (TPSA) is 38.0 Å². The first-order valence-electron chi connectivity index (χ1n) is 5.84. The van der Waals surface area contributed by atoms with Gasteiger partial charge in [-0.25, -0.2) is 0 Å². The zero-order valence-corrected chi connectivity index (χ0v) is 9.37. The van der Waals surface area contributed by atoms with E-state index in [1.54, 1.807) is 0 Å². The van der Waals surface area contributed by atoms with Gasteiger partial charge in [0.25, 0.3) is 0 Å². The average Bonchev–Trinajstić information content (AvgIpc) is 2.14. The van der Waals surface area contributed by atoms with E-state index in [2.05, 4.69) is 18.3 Å². The number of hydrogen-bond donors (Lipinski definition) is 2. The molecule has 3 N–H and O–H groups in total. The average molecular weight is 204 g/mol. The summed E-state index contributed by atoms with van der Waals surface area (Å²) in [6.45, 7) is 3.17. The van der Waals surface area contributed by atoms with E-state index in [0.29, 0.717) is 6.04 Å². The predicted octanol–water partition coefficient (Wildman–Crippen LogP) is 2.55. The molecule has 1 fully saturated rings. The Bertz CT molecular complexity index is 318. The van der Waals surface area contributed by atoms with E-state index >= 15 is 0 Å². The van der Waals surface area contributed by atoms with Crippen molar-refractivity contribution < 1.29 is 0 Å². The molecule has 1 unspecified atom stereocenters. The molecule has 1 aliphatic carbocycles. The molecule has 2 heteroatoms. The van der Waals surface area contributed by atoms with Crippen molar-refractivity contribution in [2.24, 2.45) is 5.92 Å². The zero-order chi connectivity index (χ0) is 10.7. The number of nitrogens with one attached hydrogen (secondary N) is 1. The van der Waals surface area contributed by atoms with Crippen LogP contribution >= 0.6 is 0 Å². The molecule has 0 spiro atoms. The molecule has 0 saturated heterocycles. The van der Waals surface area contributed by atoms with Crippen LogP contribution in [0.2, 0.25) is 0 Å². The fourth-order valence-electron chi connectivity index (χ4n) is 2.07. The SMILES string of the molecule is CC(NCc1ccccc1N)C1CCC1. The first-order chi connectivity index (χ1) is 7.27. The van der Waals surface area contributed by atoms with E-state index in [1.807, 2.05) is 18.2 Å². The van der Waals surface area contributed by atoms with Gasteiger partial charge in [-0.15, -0.1) is 0 Å². The number of rotatable bonds is 4. The van der Waals surface area contributed by atoms with E-state index in [9.17, 15) is 0 Å². The molecule has 2 nitrogen and oxygen atoms in total. The Hall–Kier alpha value is -1.02. The van der Waals surface area contributed by atoms with Crippen molar-refractivity contribution in [1.29, 1.82) is 0 Å². The van der Waals surface area contributed by atoms with Crippen LogP contribution in [0.4, 0.5) is 5.69 Å². The maximum Gasteiger partial charge on any atom is 0.0359 e. The van der Waals surface area contributed by atoms with Gasteiger partial charge in [-0.1, -0.05) is 24.6 Å². The van der Waals surface area contributed by atoms with E-state index in [4.69, 9.17) is 5.73 Å². The molecule has 1 aromatic carbocycles. The third-order valence-corrected chi connectivity index (χ3v) is 3.53. The van der Waals surface area contributed by atoms with Gasteiger partial charge in [-0.3, -0.25) is 0 Å². The van der Waals surface area contributed by atoms with Crippen molar-refractivity contribution >= 4 is 5.69 Å². The summed E-state index contributed by atoms with van der Waals surface area (Å²) in [5, 5.41) is 3.56. The minimum atomic E-state index is 0.623. The van der Waals surface area contributed by atoms with E-state index < -0.39 is 0 Å². The molecule has 2 rings (SSSR count). The van der Waals surface area contributed by atoms with Crippen LogP contribution in [0, 0.1) is 5.92 Å². The highest BCUT2D eigenvalue weighted by Gasteiger charge is 2.23. The molecule has 0 amide bonds. The van der Waals surface area contributed by atoms with Crippen molar-refractivity contribution in [3.63, 3.8) is 0 Å². The molecule has 1 aliphatic rings. The Labute approximate surface area is 91.9 Å². The first-order valence-corrected chi connectivity index (χ1v) is 5.84.